The average molecular weight is 320 g/mol. The number of carbonyl (C=O) groups is 2. The van der Waals surface area contributed by atoms with Gasteiger partial charge in [0.25, 0.3) is 5.91 Å². The zero-order valence-electron chi connectivity index (χ0n) is 14.8. The third-order valence-corrected chi connectivity index (χ3v) is 3.99. The van der Waals surface area contributed by atoms with Gasteiger partial charge in [-0.15, -0.1) is 0 Å². The number of benzene rings is 1. The lowest BCUT2D eigenvalue weighted by molar-refractivity contribution is -0.719. The standard InChI is InChI=1S/C18H29N3O2/c1-6-7-14-8-10-15(11-9-14)16(12(2)3)20-13(4)17(22)21-18(23)19-5/h8-13,16,20H,6-7H2,1-5H3,(H2,19,21,22,23)/p+1/t13-,16-/m1/s1. The number of hydrogen-bond donors (Lipinski definition) is 3. The highest BCUT2D eigenvalue weighted by atomic mass is 16.2. The molecule has 0 fully saturated rings. The molecule has 1 aromatic carbocycles. The molecular formula is C18H30N3O2+. The van der Waals surface area contributed by atoms with Crippen molar-refractivity contribution in [1.29, 1.82) is 0 Å². The molecule has 0 aliphatic heterocycles. The van der Waals surface area contributed by atoms with Crippen LogP contribution in [-0.4, -0.2) is 25.0 Å². The summed E-state index contributed by atoms with van der Waals surface area (Å²) in [6.07, 6.45) is 2.22. The predicted molar refractivity (Wildman–Crippen MR) is 92.0 cm³/mol. The zero-order chi connectivity index (χ0) is 17.4. The van der Waals surface area contributed by atoms with E-state index in [0.29, 0.717) is 5.92 Å². The van der Waals surface area contributed by atoms with Gasteiger partial charge in [-0.25, -0.2) is 4.79 Å². The lowest BCUT2D eigenvalue weighted by Gasteiger charge is -2.23. The van der Waals surface area contributed by atoms with Crippen LogP contribution in [0.3, 0.4) is 0 Å². The minimum atomic E-state index is -0.472. The van der Waals surface area contributed by atoms with Crippen LogP contribution in [0.2, 0.25) is 0 Å². The van der Waals surface area contributed by atoms with Gasteiger partial charge in [0.2, 0.25) is 0 Å². The molecule has 5 nitrogen and oxygen atoms in total. The van der Waals surface area contributed by atoms with Crippen LogP contribution in [0.4, 0.5) is 4.79 Å². The van der Waals surface area contributed by atoms with Crippen molar-refractivity contribution in [2.24, 2.45) is 5.92 Å². The minimum Gasteiger partial charge on any atom is -0.341 e. The van der Waals surface area contributed by atoms with E-state index in [2.05, 4.69) is 55.7 Å². The van der Waals surface area contributed by atoms with E-state index in [0.717, 1.165) is 12.8 Å². The molecule has 0 bridgehead atoms. The van der Waals surface area contributed by atoms with Crippen molar-refractivity contribution < 1.29 is 14.9 Å². The van der Waals surface area contributed by atoms with Crippen LogP contribution in [-0.2, 0) is 11.2 Å². The summed E-state index contributed by atoms with van der Waals surface area (Å²) in [4.78, 5) is 23.3. The fourth-order valence-electron chi connectivity index (χ4n) is 2.60. The Balaban J connectivity index is 2.78. The fraction of sp³-hybridized carbons (Fsp3) is 0.556. The molecule has 0 radical (unpaired) electrons. The number of quaternary nitrogens is 1. The van der Waals surface area contributed by atoms with Gasteiger partial charge < -0.3 is 10.6 Å². The van der Waals surface area contributed by atoms with Crippen molar-refractivity contribution in [3.63, 3.8) is 0 Å². The maximum atomic E-state index is 12.0. The largest absolute Gasteiger partial charge is 0.341 e. The molecule has 0 unspecified atom stereocenters. The van der Waals surface area contributed by atoms with Crippen LogP contribution in [0.25, 0.3) is 0 Å². The van der Waals surface area contributed by atoms with Gasteiger partial charge >= 0.3 is 6.03 Å². The molecule has 23 heavy (non-hydrogen) atoms. The Morgan fingerprint density at radius 2 is 1.74 bits per heavy atom. The number of carbonyl (C=O) groups excluding carboxylic acids is 2. The summed E-state index contributed by atoms with van der Waals surface area (Å²) < 4.78 is 0. The summed E-state index contributed by atoms with van der Waals surface area (Å²) in [5.41, 5.74) is 2.55. The molecule has 0 aliphatic carbocycles. The second-order valence-corrected chi connectivity index (χ2v) is 6.31. The van der Waals surface area contributed by atoms with E-state index in [9.17, 15) is 9.59 Å². The quantitative estimate of drug-likeness (QED) is 0.716. The zero-order valence-corrected chi connectivity index (χ0v) is 14.8. The number of nitrogens with two attached hydrogens (primary N) is 1. The first-order chi connectivity index (χ1) is 10.9. The van der Waals surface area contributed by atoms with Crippen molar-refractivity contribution in [3.8, 4) is 0 Å². The number of nitrogens with one attached hydrogen (secondary N) is 2. The van der Waals surface area contributed by atoms with Crippen molar-refractivity contribution in [3.05, 3.63) is 35.4 Å². The molecular weight excluding hydrogens is 290 g/mol. The third-order valence-electron chi connectivity index (χ3n) is 3.99. The van der Waals surface area contributed by atoms with Crippen molar-refractivity contribution >= 4 is 11.9 Å². The molecule has 0 aromatic heterocycles. The Hall–Kier alpha value is -1.88. The molecule has 1 aromatic rings. The maximum absolute atomic E-state index is 12.0. The normalized spacial score (nSPS) is 13.5. The number of imide groups is 1. The second kappa shape index (κ2) is 9.30. The number of rotatable bonds is 7. The van der Waals surface area contributed by atoms with Gasteiger partial charge in [0.15, 0.2) is 6.04 Å². The van der Waals surface area contributed by atoms with Crippen LogP contribution in [0.5, 0.6) is 0 Å². The van der Waals surface area contributed by atoms with E-state index >= 15 is 0 Å². The molecule has 0 saturated carbocycles. The first-order valence-electron chi connectivity index (χ1n) is 8.35. The third kappa shape index (κ3) is 6.02. The van der Waals surface area contributed by atoms with E-state index in [1.54, 1.807) is 0 Å². The Bertz CT molecular complexity index is 512. The number of amides is 3. The van der Waals surface area contributed by atoms with E-state index in [1.807, 2.05) is 12.2 Å². The highest BCUT2D eigenvalue weighted by Crippen LogP contribution is 2.19. The van der Waals surface area contributed by atoms with Crippen LogP contribution in [0.1, 0.15) is 51.3 Å². The monoisotopic (exact) mass is 320 g/mol. The van der Waals surface area contributed by atoms with E-state index in [4.69, 9.17) is 0 Å². The molecule has 1 rings (SSSR count). The van der Waals surface area contributed by atoms with Gasteiger partial charge in [0.1, 0.15) is 6.04 Å². The Kier molecular flexibility index (Phi) is 7.75. The molecule has 3 amide bonds. The topological polar surface area (TPSA) is 74.8 Å². The Morgan fingerprint density at radius 3 is 2.22 bits per heavy atom. The lowest BCUT2D eigenvalue weighted by atomic mass is 9.94. The summed E-state index contributed by atoms with van der Waals surface area (Å²) in [5.74, 6) is 0.0971. The van der Waals surface area contributed by atoms with Crippen molar-refractivity contribution in [1.82, 2.24) is 10.6 Å². The molecule has 2 atom stereocenters. The Morgan fingerprint density at radius 1 is 1.13 bits per heavy atom. The average Bonchev–Trinajstić information content (AvgIpc) is 2.53. The maximum Gasteiger partial charge on any atom is 0.321 e. The molecule has 0 spiro atoms. The van der Waals surface area contributed by atoms with Crippen LogP contribution in [0.15, 0.2) is 24.3 Å². The first kappa shape index (κ1) is 19.2. The molecule has 0 heterocycles. The summed E-state index contributed by atoms with van der Waals surface area (Å²) in [6.45, 7) is 8.28. The predicted octanol–water partition coefficient (Wildman–Crippen LogP) is 1.74. The van der Waals surface area contributed by atoms with Crippen molar-refractivity contribution in [2.75, 3.05) is 7.05 Å². The highest BCUT2D eigenvalue weighted by Gasteiger charge is 2.26. The SMILES string of the molecule is CCCc1ccc([C@H]([NH2+][C@H](C)C(=O)NC(=O)NC)C(C)C)cc1. The van der Waals surface area contributed by atoms with Crippen LogP contribution in [0, 0.1) is 5.92 Å². The van der Waals surface area contributed by atoms with E-state index in [1.165, 1.54) is 18.2 Å². The van der Waals surface area contributed by atoms with Gasteiger partial charge in [-0.2, -0.15) is 0 Å². The number of aryl methyl sites for hydroxylation is 1. The minimum absolute atomic E-state index is 0.177. The van der Waals surface area contributed by atoms with E-state index < -0.39 is 6.03 Å². The number of urea groups is 1. The van der Waals surface area contributed by atoms with Gasteiger partial charge in [-0.3, -0.25) is 10.1 Å². The Labute approximate surface area is 139 Å². The molecule has 4 N–H and O–H groups in total. The van der Waals surface area contributed by atoms with Gasteiger partial charge in [0, 0.05) is 18.5 Å². The van der Waals surface area contributed by atoms with Crippen LogP contribution < -0.4 is 16.0 Å². The number of hydrogen-bond acceptors (Lipinski definition) is 2. The molecule has 0 aliphatic rings. The second-order valence-electron chi connectivity index (χ2n) is 6.31. The molecule has 128 valence electrons. The molecule has 0 saturated heterocycles. The lowest BCUT2D eigenvalue weighted by Crippen LogP contribution is -2.93. The van der Waals surface area contributed by atoms with Crippen molar-refractivity contribution in [2.45, 2.75) is 52.6 Å². The van der Waals surface area contributed by atoms with Gasteiger partial charge in [-0.1, -0.05) is 51.5 Å². The molecule has 5 heteroatoms. The summed E-state index contributed by atoms with van der Waals surface area (Å²) in [5, 5.41) is 6.75. The van der Waals surface area contributed by atoms with E-state index in [-0.39, 0.29) is 18.0 Å². The summed E-state index contributed by atoms with van der Waals surface area (Å²) in [7, 11) is 1.49. The van der Waals surface area contributed by atoms with Crippen LogP contribution >= 0.6 is 0 Å². The smallest absolute Gasteiger partial charge is 0.321 e. The first-order valence-corrected chi connectivity index (χ1v) is 8.35. The fourth-order valence-corrected chi connectivity index (χ4v) is 2.60. The van der Waals surface area contributed by atoms with Gasteiger partial charge in [0.05, 0.1) is 0 Å². The highest BCUT2D eigenvalue weighted by molar-refractivity contribution is 5.95. The summed E-state index contributed by atoms with van der Waals surface area (Å²) >= 11 is 0. The summed E-state index contributed by atoms with van der Waals surface area (Å²) in [6, 6.07) is 7.99. The van der Waals surface area contributed by atoms with Gasteiger partial charge in [-0.05, 0) is 18.9 Å².